The summed E-state index contributed by atoms with van der Waals surface area (Å²) in [5.74, 6) is 0.682. The Morgan fingerprint density at radius 3 is 2.92 bits per heavy atom. The lowest BCUT2D eigenvalue weighted by Crippen LogP contribution is -2.37. The second-order valence-corrected chi connectivity index (χ2v) is 3.07. The smallest absolute Gasteiger partial charge is 0.215 e. The number of aliphatic imine (C=N–C) groups is 1. The van der Waals surface area contributed by atoms with Crippen LogP contribution in [-0.4, -0.2) is 42.6 Å². The first-order valence-electron chi connectivity index (χ1n) is 4.36. The number of nitrogens with zero attached hydrogens (tertiary/aromatic N) is 2. The van der Waals surface area contributed by atoms with Crippen LogP contribution >= 0.6 is 0 Å². The lowest BCUT2D eigenvalue weighted by atomic mass is 10.1. The van der Waals surface area contributed by atoms with Crippen molar-refractivity contribution in [3.63, 3.8) is 0 Å². The van der Waals surface area contributed by atoms with Gasteiger partial charge in [0.25, 0.3) is 0 Å². The zero-order valence-corrected chi connectivity index (χ0v) is 8.32. The summed E-state index contributed by atoms with van der Waals surface area (Å²) in [6, 6.07) is 0.250. The van der Waals surface area contributed by atoms with E-state index in [4.69, 9.17) is 9.84 Å². The molecule has 4 heteroatoms. The van der Waals surface area contributed by atoms with Crippen LogP contribution in [0.3, 0.4) is 0 Å². The Bertz CT molecular complexity index is 236. The van der Waals surface area contributed by atoms with E-state index in [1.807, 2.05) is 11.8 Å². The number of aliphatic hydroxyl groups is 1. The van der Waals surface area contributed by atoms with Crippen LogP contribution in [0.25, 0.3) is 0 Å². The SMILES string of the molecule is COC1=C(C)C(C)N(CCO)C=N1. The van der Waals surface area contributed by atoms with Gasteiger partial charge in [0.15, 0.2) is 0 Å². The standard InChI is InChI=1S/C9H16N2O2/c1-7-8(2)11(4-5-12)6-10-9(7)13-3/h6,8,12H,4-5H2,1-3H3. The molecule has 0 radical (unpaired) electrons. The van der Waals surface area contributed by atoms with E-state index in [9.17, 15) is 0 Å². The highest BCUT2D eigenvalue weighted by Gasteiger charge is 2.19. The molecule has 0 spiro atoms. The molecule has 0 aromatic rings. The maximum Gasteiger partial charge on any atom is 0.215 e. The number of β-amino-alcohol motifs (C(OH)–C–C–N with tert-alkyl or cyclic N) is 1. The average molecular weight is 184 g/mol. The number of aliphatic hydroxyl groups excluding tert-OH is 1. The van der Waals surface area contributed by atoms with E-state index in [0.29, 0.717) is 12.4 Å². The van der Waals surface area contributed by atoms with Gasteiger partial charge in [0.2, 0.25) is 5.88 Å². The molecule has 1 atom stereocenters. The molecule has 0 saturated heterocycles. The fraction of sp³-hybridized carbons (Fsp3) is 0.667. The Balaban J connectivity index is 2.74. The molecular weight excluding hydrogens is 168 g/mol. The molecule has 1 heterocycles. The minimum absolute atomic E-state index is 0.145. The molecule has 1 aliphatic heterocycles. The van der Waals surface area contributed by atoms with Gasteiger partial charge in [-0.1, -0.05) is 0 Å². The second kappa shape index (κ2) is 4.28. The first kappa shape index (κ1) is 10.1. The summed E-state index contributed by atoms with van der Waals surface area (Å²) in [4.78, 5) is 6.11. The molecule has 74 valence electrons. The maximum absolute atomic E-state index is 8.79. The van der Waals surface area contributed by atoms with Crippen molar-refractivity contribution in [3.05, 3.63) is 11.5 Å². The molecule has 0 saturated carbocycles. The minimum atomic E-state index is 0.145. The summed E-state index contributed by atoms with van der Waals surface area (Å²) < 4.78 is 5.09. The zero-order valence-electron chi connectivity index (χ0n) is 8.32. The highest BCUT2D eigenvalue weighted by atomic mass is 16.5. The van der Waals surface area contributed by atoms with Crippen molar-refractivity contribution in [1.82, 2.24) is 4.90 Å². The predicted octanol–water partition coefficient (Wildman–Crippen LogP) is 0.589. The molecule has 1 rings (SSSR count). The van der Waals surface area contributed by atoms with Gasteiger partial charge in [-0.3, -0.25) is 0 Å². The summed E-state index contributed by atoms with van der Waals surface area (Å²) in [6.07, 6.45) is 1.72. The monoisotopic (exact) mass is 184 g/mol. The molecule has 1 aliphatic rings. The van der Waals surface area contributed by atoms with Crippen LogP contribution in [0.1, 0.15) is 13.8 Å². The normalized spacial score (nSPS) is 22.5. The third-order valence-corrected chi connectivity index (χ3v) is 2.34. The fourth-order valence-electron chi connectivity index (χ4n) is 1.34. The van der Waals surface area contributed by atoms with Gasteiger partial charge in [0.1, 0.15) is 0 Å². The van der Waals surface area contributed by atoms with Crippen LogP contribution in [-0.2, 0) is 4.74 Å². The van der Waals surface area contributed by atoms with Gasteiger partial charge in [0, 0.05) is 12.1 Å². The van der Waals surface area contributed by atoms with Crippen LogP contribution < -0.4 is 0 Å². The lowest BCUT2D eigenvalue weighted by Gasteiger charge is -2.30. The van der Waals surface area contributed by atoms with Crippen molar-refractivity contribution in [2.45, 2.75) is 19.9 Å². The molecule has 0 fully saturated rings. The molecule has 0 bridgehead atoms. The Hall–Kier alpha value is -1.03. The number of hydrogen-bond donors (Lipinski definition) is 1. The van der Waals surface area contributed by atoms with Gasteiger partial charge >= 0.3 is 0 Å². The average Bonchev–Trinajstić information content (AvgIpc) is 2.14. The molecule has 13 heavy (non-hydrogen) atoms. The van der Waals surface area contributed by atoms with Gasteiger partial charge in [-0.05, 0) is 13.8 Å². The maximum atomic E-state index is 8.79. The third-order valence-electron chi connectivity index (χ3n) is 2.34. The van der Waals surface area contributed by atoms with Crippen LogP contribution in [0.2, 0.25) is 0 Å². The van der Waals surface area contributed by atoms with Gasteiger partial charge < -0.3 is 14.7 Å². The molecule has 0 aliphatic carbocycles. The van der Waals surface area contributed by atoms with Crippen LogP contribution in [0.5, 0.6) is 0 Å². The summed E-state index contributed by atoms with van der Waals surface area (Å²) >= 11 is 0. The first-order chi connectivity index (χ1) is 6.20. The van der Waals surface area contributed by atoms with E-state index in [2.05, 4.69) is 11.9 Å². The van der Waals surface area contributed by atoms with Gasteiger partial charge in [-0.2, -0.15) is 0 Å². The molecule has 0 aromatic heterocycles. The first-order valence-corrected chi connectivity index (χ1v) is 4.36. The van der Waals surface area contributed by atoms with Crippen molar-refractivity contribution < 1.29 is 9.84 Å². The summed E-state index contributed by atoms with van der Waals surface area (Å²) in [5, 5.41) is 8.79. The number of rotatable bonds is 3. The van der Waals surface area contributed by atoms with Crippen molar-refractivity contribution in [1.29, 1.82) is 0 Å². The summed E-state index contributed by atoms with van der Waals surface area (Å²) in [6.45, 7) is 4.81. The van der Waals surface area contributed by atoms with E-state index in [1.165, 1.54) is 0 Å². The van der Waals surface area contributed by atoms with E-state index >= 15 is 0 Å². The van der Waals surface area contributed by atoms with Crippen LogP contribution in [0.4, 0.5) is 0 Å². The van der Waals surface area contributed by atoms with Crippen LogP contribution in [0.15, 0.2) is 16.4 Å². The second-order valence-electron chi connectivity index (χ2n) is 3.07. The third kappa shape index (κ3) is 2.01. The highest BCUT2D eigenvalue weighted by Crippen LogP contribution is 2.18. The number of ether oxygens (including phenoxy) is 1. The molecule has 4 nitrogen and oxygen atoms in total. The summed E-state index contributed by atoms with van der Waals surface area (Å²) in [5.41, 5.74) is 1.10. The largest absolute Gasteiger partial charge is 0.481 e. The van der Waals surface area contributed by atoms with Crippen molar-refractivity contribution in [2.75, 3.05) is 20.3 Å². The van der Waals surface area contributed by atoms with E-state index in [0.717, 1.165) is 5.57 Å². The Kier molecular flexibility index (Phi) is 3.31. The van der Waals surface area contributed by atoms with Gasteiger partial charge in [-0.15, -0.1) is 0 Å². The molecule has 0 amide bonds. The van der Waals surface area contributed by atoms with Gasteiger partial charge in [0.05, 0.1) is 26.1 Å². The highest BCUT2D eigenvalue weighted by molar-refractivity contribution is 5.60. The van der Waals surface area contributed by atoms with Crippen molar-refractivity contribution in [3.8, 4) is 0 Å². The minimum Gasteiger partial charge on any atom is -0.481 e. The van der Waals surface area contributed by atoms with Gasteiger partial charge in [-0.25, -0.2) is 4.99 Å². The molecular formula is C9H16N2O2. The van der Waals surface area contributed by atoms with E-state index in [-0.39, 0.29) is 12.6 Å². The van der Waals surface area contributed by atoms with Crippen LogP contribution in [0, 0.1) is 0 Å². The molecule has 1 unspecified atom stereocenters. The zero-order chi connectivity index (χ0) is 9.84. The van der Waals surface area contributed by atoms with E-state index < -0.39 is 0 Å². The number of methoxy groups -OCH3 is 1. The predicted molar refractivity (Wildman–Crippen MR) is 51.5 cm³/mol. The molecule has 0 aromatic carbocycles. The fourth-order valence-corrected chi connectivity index (χ4v) is 1.34. The Morgan fingerprint density at radius 2 is 2.38 bits per heavy atom. The topological polar surface area (TPSA) is 45.1 Å². The Morgan fingerprint density at radius 1 is 1.69 bits per heavy atom. The number of hydrogen-bond acceptors (Lipinski definition) is 4. The Labute approximate surface area is 78.5 Å². The quantitative estimate of drug-likeness (QED) is 0.698. The molecule has 1 N–H and O–H groups in total. The summed E-state index contributed by atoms with van der Waals surface area (Å²) in [7, 11) is 1.62. The van der Waals surface area contributed by atoms with Crippen molar-refractivity contribution >= 4 is 6.34 Å². The van der Waals surface area contributed by atoms with E-state index in [1.54, 1.807) is 13.4 Å². The van der Waals surface area contributed by atoms with Crippen molar-refractivity contribution in [2.24, 2.45) is 4.99 Å². The lowest BCUT2D eigenvalue weighted by molar-refractivity contribution is 0.222.